The average molecular weight is 446 g/mol. The highest BCUT2D eigenvalue weighted by molar-refractivity contribution is 14.0. The molecule has 6 nitrogen and oxygen atoms in total. The Morgan fingerprint density at radius 3 is 2.75 bits per heavy atom. The number of nitrogens with zero attached hydrogens (tertiary/aromatic N) is 2. The Kier molecular flexibility index (Phi) is 11.7. The molecule has 0 unspecified atom stereocenters. The third-order valence-corrected chi connectivity index (χ3v) is 2.94. The number of ether oxygens (including phenoxy) is 1. The van der Waals surface area contributed by atoms with E-state index in [0.717, 1.165) is 18.1 Å². The van der Waals surface area contributed by atoms with Crippen molar-refractivity contribution >= 4 is 35.8 Å². The lowest BCUT2D eigenvalue weighted by Crippen LogP contribution is -2.37. The number of likely N-dealkylation sites (N-methyl/N-ethyl adjacent to an activating group) is 1. The van der Waals surface area contributed by atoms with Gasteiger partial charge in [-0.05, 0) is 24.6 Å². The molecule has 1 aromatic carbocycles. The third kappa shape index (κ3) is 8.76. The molecule has 0 atom stereocenters. The Balaban J connectivity index is 0.00000529. The summed E-state index contributed by atoms with van der Waals surface area (Å²) in [6, 6.07) is 7.59. The summed E-state index contributed by atoms with van der Waals surface area (Å²) in [6.45, 7) is 7.69. The molecule has 0 aliphatic heterocycles. The molecule has 0 aliphatic rings. The summed E-state index contributed by atoms with van der Waals surface area (Å²) in [5.41, 5.74) is 1.01. The van der Waals surface area contributed by atoms with E-state index in [9.17, 15) is 4.79 Å². The standard InChI is InChI=1S/C17H26N4O2.HI/c1-5-10-19-17(18-6-2)20-12-14-8-7-9-15(11-14)23-13-16(22)21(3)4;/h5,7-9,11H,1,6,10,12-13H2,2-4H3,(H2,18,19,20);1H. The van der Waals surface area contributed by atoms with E-state index in [1.54, 1.807) is 20.2 Å². The maximum absolute atomic E-state index is 11.5. The molecule has 1 amide bonds. The lowest BCUT2D eigenvalue weighted by Gasteiger charge is -2.12. The summed E-state index contributed by atoms with van der Waals surface area (Å²) in [4.78, 5) is 17.5. The monoisotopic (exact) mass is 446 g/mol. The van der Waals surface area contributed by atoms with E-state index >= 15 is 0 Å². The fraction of sp³-hybridized carbons (Fsp3) is 0.412. The number of nitrogens with one attached hydrogen (secondary N) is 2. The van der Waals surface area contributed by atoms with E-state index in [-0.39, 0.29) is 36.5 Å². The summed E-state index contributed by atoms with van der Waals surface area (Å²) in [6.07, 6.45) is 1.78. The molecule has 24 heavy (non-hydrogen) atoms. The molecule has 0 saturated carbocycles. The largest absolute Gasteiger partial charge is 0.484 e. The zero-order valence-corrected chi connectivity index (χ0v) is 16.9. The molecule has 0 bridgehead atoms. The first-order chi connectivity index (χ1) is 11.1. The number of rotatable bonds is 8. The van der Waals surface area contributed by atoms with Crippen molar-refractivity contribution in [1.82, 2.24) is 15.5 Å². The number of hydrogen-bond donors (Lipinski definition) is 2. The van der Waals surface area contributed by atoms with Gasteiger partial charge in [-0.1, -0.05) is 18.2 Å². The van der Waals surface area contributed by atoms with E-state index in [1.807, 2.05) is 31.2 Å². The molecule has 1 aromatic rings. The Morgan fingerprint density at radius 1 is 1.38 bits per heavy atom. The zero-order chi connectivity index (χ0) is 17.1. The molecule has 0 spiro atoms. The minimum Gasteiger partial charge on any atom is -0.484 e. The van der Waals surface area contributed by atoms with Crippen LogP contribution in [0.3, 0.4) is 0 Å². The van der Waals surface area contributed by atoms with Crippen molar-refractivity contribution in [3.63, 3.8) is 0 Å². The van der Waals surface area contributed by atoms with Crippen LogP contribution in [-0.2, 0) is 11.3 Å². The first kappa shape index (κ1) is 22.2. The van der Waals surface area contributed by atoms with Gasteiger partial charge in [0.1, 0.15) is 5.75 Å². The van der Waals surface area contributed by atoms with Gasteiger partial charge in [-0.25, -0.2) is 4.99 Å². The number of amides is 1. The Hall–Kier alpha value is -1.77. The van der Waals surface area contributed by atoms with Gasteiger partial charge in [0.2, 0.25) is 0 Å². The number of carbonyl (C=O) groups excluding carboxylic acids is 1. The molecular formula is C17H27IN4O2. The summed E-state index contributed by atoms with van der Waals surface area (Å²) in [5.74, 6) is 1.33. The molecule has 0 saturated heterocycles. The first-order valence-electron chi connectivity index (χ1n) is 7.61. The van der Waals surface area contributed by atoms with Crippen molar-refractivity contribution in [2.24, 2.45) is 4.99 Å². The maximum Gasteiger partial charge on any atom is 0.259 e. The van der Waals surface area contributed by atoms with Crippen molar-refractivity contribution in [3.05, 3.63) is 42.5 Å². The predicted molar refractivity (Wildman–Crippen MR) is 109 cm³/mol. The van der Waals surface area contributed by atoms with Gasteiger partial charge in [0.15, 0.2) is 12.6 Å². The number of carbonyl (C=O) groups is 1. The van der Waals surface area contributed by atoms with Crippen LogP contribution in [0, 0.1) is 0 Å². The van der Waals surface area contributed by atoms with E-state index in [0.29, 0.717) is 18.8 Å². The molecule has 0 aromatic heterocycles. The van der Waals surface area contributed by atoms with Gasteiger partial charge in [-0.15, -0.1) is 30.6 Å². The highest BCUT2D eigenvalue weighted by atomic mass is 127. The second-order valence-corrected chi connectivity index (χ2v) is 5.09. The predicted octanol–water partition coefficient (Wildman–Crippen LogP) is 2.01. The fourth-order valence-electron chi connectivity index (χ4n) is 1.69. The molecule has 0 aliphatic carbocycles. The van der Waals surface area contributed by atoms with Crippen LogP contribution in [0.4, 0.5) is 0 Å². The van der Waals surface area contributed by atoms with Crippen molar-refractivity contribution in [3.8, 4) is 5.75 Å². The van der Waals surface area contributed by atoms with Crippen LogP contribution in [0.25, 0.3) is 0 Å². The molecule has 0 fully saturated rings. The van der Waals surface area contributed by atoms with Crippen LogP contribution in [0.5, 0.6) is 5.75 Å². The normalized spacial score (nSPS) is 10.4. The fourth-order valence-corrected chi connectivity index (χ4v) is 1.69. The number of halogens is 1. The highest BCUT2D eigenvalue weighted by Gasteiger charge is 2.05. The molecule has 0 heterocycles. The second-order valence-electron chi connectivity index (χ2n) is 5.09. The number of benzene rings is 1. The van der Waals surface area contributed by atoms with Gasteiger partial charge >= 0.3 is 0 Å². The molecule has 1 rings (SSSR count). The van der Waals surface area contributed by atoms with Gasteiger partial charge < -0.3 is 20.3 Å². The second kappa shape index (κ2) is 12.6. The molecule has 134 valence electrons. The number of guanidine groups is 1. The van der Waals surface area contributed by atoms with Gasteiger partial charge in [0.25, 0.3) is 5.91 Å². The lowest BCUT2D eigenvalue weighted by molar-refractivity contribution is -0.130. The van der Waals surface area contributed by atoms with E-state index in [1.165, 1.54) is 4.90 Å². The van der Waals surface area contributed by atoms with Crippen LogP contribution >= 0.6 is 24.0 Å². The summed E-state index contributed by atoms with van der Waals surface area (Å²) in [7, 11) is 3.41. The van der Waals surface area contributed by atoms with Crippen LogP contribution in [0.1, 0.15) is 12.5 Å². The first-order valence-corrected chi connectivity index (χ1v) is 7.61. The zero-order valence-electron chi connectivity index (χ0n) is 14.5. The average Bonchev–Trinajstić information content (AvgIpc) is 2.55. The number of aliphatic imine (C=N–C) groups is 1. The van der Waals surface area contributed by atoms with Gasteiger partial charge in [-0.2, -0.15) is 0 Å². The van der Waals surface area contributed by atoms with Crippen molar-refractivity contribution < 1.29 is 9.53 Å². The van der Waals surface area contributed by atoms with Crippen LogP contribution in [0.15, 0.2) is 41.9 Å². The summed E-state index contributed by atoms with van der Waals surface area (Å²) < 4.78 is 5.50. The summed E-state index contributed by atoms with van der Waals surface area (Å²) in [5, 5.41) is 6.31. The maximum atomic E-state index is 11.5. The van der Waals surface area contributed by atoms with Crippen molar-refractivity contribution in [2.45, 2.75) is 13.5 Å². The molecule has 0 radical (unpaired) electrons. The third-order valence-electron chi connectivity index (χ3n) is 2.94. The van der Waals surface area contributed by atoms with E-state index < -0.39 is 0 Å². The quantitative estimate of drug-likeness (QED) is 0.278. The van der Waals surface area contributed by atoms with Crippen LogP contribution in [-0.4, -0.2) is 50.6 Å². The minimum absolute atomic E-state index is 0. The Bertz CT molecular complexity index is 547. The Morgan fingerprint density at radius 2 is 2.12 bits per heavy atom. The van der Waals surface area contributed by atoms with Gasteiger partial charge in [-0.3, -0.25) is 4.79 Å². The smallest absolute Gasteiger partial charge is 0.259 e. The van der Waals surface area contributed by atoms with Gasteiger partial charge in [0.05, 0.1) is 6.54 Å². The molecule has 7 heteroatoms. The van der Waals surface area contributed by atoms with Crippen molar-refractivity contribution in [2.75, 3.05) is 33.8 Å². The van der Waals surface area contributed by atoms with Crippen molar-refractivity contribution in [1.29, 1.82) is 0 Å². The van der Waals surface area contributed by atoms with Gasteiger partial charge in [0, 0.05) is 27.2 Å². The van der Waals surface area contributed by atoms with E-state index in [4.69, 9.17) is 4.74 Å². The molecule has 2 N–H and O–H groups in total. The number of hydrogen-bond acceptors (Lipinski definition) is 3. The SMILES string of the molecule is C=CCNC(=NCc1cccc(OCC(=O)N(C)C)c1)NCC.I. The topological polar surface area (TPSA) is 66.0 Å². The van der Waals surface area contributed by atoms with E-state index in [2.05, 4.69) is 22.2 Å². The Labute approximate surface area is 161 Å². The lowest BCUT2D eigenvalue weighted by atomic mass is 10.2. The van der Waals surface area contributed by atoms with Crippen LogP contribution < -0.4 is 15.4 Å². The highest BCUT2D eigenvalue weighted by Crippen LogP contribution is 2.14. The van der Waals surface area contributed by atoms with Crippen LogP contribution in [0.2, 0.25) is 0 Å². The summed E-state index contributed by atoms with van der Waals surface area (Å²) >= 11 is 0. The molecular weight excluding hydrogens is 419 g/mol. The minimum atomic E-state index is -0.0727.